The number of phosphoric acid groups is 1. The first-order valence-corrected chi connectivity index (χ1v) is 34.2. The van der Waals surface area contributed by atoms with Crippen LogP contribution in [0.2, 0.25) is 0 Å². The molecule has 3 atom stereocenters. The summed E-state index contributed by atoms with van der Waals surface area (Å²) in [7, 11) is 1.47. The molecule has 0 bridgehead atoms. The molecule has 2 N–H and O–H groups in total. The number of allylic oxidation sites excluding steroid dienone is 17. The van der Waals surface area contributed by atoms with Crippen molar-refractivity contribution in [3.63, 3.8) is 0 Å². The first-order chi connectivity index (χ1) is 38.9. The maximum atomic E-state index is 13.5. The highest BCUT2D eigenvalue weighted by molar-refractivity contribution is 7.47. The number of carbonyl (C=O) groups is 2. The van der Waals surface area contributed by atoms with Crippen molar-refractivity contribution in [2.24, 2.45) is 0 Å². The fourth-order valence-corrected chi connectivity index (χ4v) is 9.67. The Morgan fingerprint density at radius 2 is 0.838 bits per heavy atom. The molecule has 0 aliphatic rings. The Morgan fingerprint density at radius 1 is 0.463 bits per heavy atom. The molecule has 10 heteroatoms. The quantitative estimate of drug-likeness (QED) is 0.0156. The minimum Gasteiger partial charge on any atom is -0.456 e. The molecule has 0 heterocycles. The minimum absolute atomic E-state index is 0.0315. The molecule has 9 nitrogen and oxygen atoms in total. The number of quaternary nitrogens is 1. The van der Waals surface area contributed by atoms with E-state index in [0.29, 0.717) is 17.4 Å². The number of hydrogen-bond donors (Lipinski definition) is 2. The molecule has 0 aromatic rings. The van der Waals surface area contributed by atoms with E-state index in [2.05, 4.69) is 123 Å². The maximum absolute atomic E-state index is 13.5. The smallest absolute Gasteiger partial charge is 0.456 e. The summed E-state index contributed by atoms with van der Waals surface area (Å²) in [5.74, 6) is -0.531. The summed E-state index contributed by atoms with van der Waals surface area (Å²) in [4.78, 5) is 37.8. The van der Waals surface area contributed by atoms with Crippen LogP contribution < -0.4 is 5.32 Å². The number of phosphoric ester groups is 1. The molecule has 1 amide bonds. The van der Waals surface area contributed by atoms with Crippen molar-refractivity contribution in [1.29, 1.82) is 0 Å². The molecule has 3 unspecified atom stereocenters. The summed E-state index contributed by atoms with van der Waals surface area (Å²) in [5, 5.41) is 3.05. The van der Waals surface area contributed by atoms with Crippen LogP contribution >= 0.6 is 7.82 Å². The molecular weight excluding hydrogens is 1010 g/mol. The lowest BCUT2D eigenvalue weighted by Crippen LogP contribution is -2.47. The molecule has 0 aliphatic heterocycles. The summed E-state index contributed by atoms with van der Waals surface area (Å²) in [5.41, 5.74) is 0. The second kappa shape index (κ2) is 58.9. The Hall–Kier alpha value is -3.33. The van der Waals surface area contributed by atoms with Gasteiger partial charge in [-0.3, -0.25) is 18.6 Å². The van der Waals surface area contributed by atoms with Gasteiger partial charge >= 0.3 is 13.8 Å². The Morgan fingerprint density at radius 3 is 1.30 bits per heavy atom. The molecule has 0 saturated heterocycles. The van der Waals surface area contributed by atoms with Crippen LogP contribution in [-0.4, -0.2) is 74.3 Å². The first-order valence-electron chi connectivity index (χ1n) is 32.7. The number of nitrogens with zero attached hydrogens (tertiary/aromatic N) is 1. The van der Waals surface area contributed by atoms with E-state index in [0.717, 1.165) is 135 Å². The van der Waals surface area contributed by atoms with Crippen molar-refractivity contribution in [2.45, 2.75) is 283 Å². The van der Waals surface area contributed by atoms with Gasteiger partial charge in [-0.25, -0.2) is 4.57 Å². The van der Waals surface area contributed by atoms with Crippen LogP contribution in [0.4, 0.5) is 0 Å². The molecule has 0 aliphatic carbocycles. The van der Waals surface area contributed by atoms with Crippen molar-refractivity contribution in [1.82, 2.24) is 5.32 Å². The molecule has 460 valence electrons. The lowest BCUT2D eigenvalue weighted by atomic mass is 10.0. The van der Waals surface area contributed by atoms with Gasteiger partial charge in [0.1, 0.15) is 19.3 Å². The van der Waals surface area contributed by atoms with Crippen molar-refractivity contribution in [3.05, 3.63) is 109 Å². The maximum Gasteiger partial charge on any atom is 0.472 e. The standard InChI is InChI=1S/C70H123N2O7P/c1-7-10-13-16-19-22-25-28-30-31-32-33-34-35-36-37-38-39-40-41-43-45-48-51-54-57-60-63-70(74)79-68(61-58-55-52-49-46-27-24-21-18-15-12-9-3)67(66-78-80(75,76)77-65-64-72(4,5)6)71-69(73)62-59-56-53-50-47-44-42-29-26-23-20-17-14-11-8-2/h10,13,19-20,22-23,26,28-30,32-33,35-36,38-39,58,61,67-68H,7-9,11-12,14-18,21,24-25,27,31,34,37,40-57,59-60,62-66H2,1-6H3,(H-,71,73,75,76)/p+1/b13-10-,22-19-,23-20+,29-26+,30-28-,33-32-,36-35-,39-38-,61-58-. The zero-order valence-corrected chi connectivity index (χ0v) is 53.4. The number of rotatable bonds is 58. The Balaban J connectivity index is 5.15. The van der Waals surface area contributed by atoms with Gasteiger partial charge < -0.3 is 19.4 Å². The monoisotopic (exact) mass is 1140 g/mol. The van der Waals surface area contributed by atoms with Crippen LogP contribution in [0.5, 0.6) is 0 Å². The highest BCUT2D eigenvalue weighted by Gasteiger charge is 2.30. The Labute approximate surface area is 493 Å². The van der Waals surface area contributed by atoms with Crippen LogP contribution in [0.15, 0.2) is 109 Å². The van der Waals surface area contributed by atoms with Crippen LogP contribution in [-0.2, 0) is 27.9 Å². The third kappa shape index (κ3) is 59.3. The number of likely N-dealkylation sites (N-methyl/N-ethyl adjacent to an activating group) is 1. The van der Waals surface area contributed by atoms with E-state index in [-0.39, 0.29) is 31.5 Å². The second-order valence-electron chi connectivity index (χ2n) is 22.9. The van der Waals surface area contributed by atoms with Crippen molar-refractivity contribution in [2.75, 3.05) is 40.9 Å². The molecule has 0 spiro atoms. The first kappa shape index (κ1) is 76.7. The second-order valence-corrected chi connectivity index (χ2v) is 24.4. The number of esters is 1. The third-order valence-electron chi connectivity index (χ3n) is 14.0. The fraction of sp³-hybridized carbons (Fsp3) is 0.714. The Bertz CT molecular complexity index is 1740. The van der Waals surface area contributed by atoms with Crippen molar-refractivity contribution >= 4 is 19.7 Å². The van der Waals surface area contributed by atoms with Gasteiger partial charge in [0, 0.05) is 12.8 Å². The largest absolute Gasteiger partial charge is 0.472 e. The van der Waals surface area contributed by atoms with Gasteiger partial charge in [-0.1, -0.05) is 259 Å². The number of unbranched alkanes of at least 4 members (excludes halogenated alkanes) is 27. The van der Waals surface area contributed by atoms with E-state index in [4.69, 9.17) is 13.8 Å². The highest BCUT2D eigenvalue weighted by atomic mass is 31.2. The SMILES string of the molecule is CC/C=C\C/C=C\C/C=C\C/C=C\C/C=C\C/C=C\CCCCCCCCCCC(=O)OC(/C=C\CCCCCCCCCCCC)C(COP(=O)(O)OCC[N+](C)(C)C)NC(=O)CCCCCCCC/C=C/C=C/CCCCC. The van der Waals surface area contributed by atoms with E-state index < -0.39 is 20.0 Å². The van der Waals surface area contributed by atoms with E-state index in [1.54, 1.807) is 0 Å². The van der Waals surface area contributed by atoms with Gasteiger partial charge in [-0.2, -0.15) is 0 Å². The molecule has 0 radical (unpaired) electrons. The van der Waals surface area contributed by atoms with Gasteiger partial charge in [0.25, 0.3) is 0 Å². The van der Waals surface area contributed by atoms with Crippen LogP contribution in [0.25, 0.3) is 0 Å². The summed E-state index contributed by atoms with van der Waals surface area (Å²) < 4.78 is 30.7. The van der Waals surface area contributed by atoms with Gasteiger partial charge in [-0.15, -0.1) is 0 Å². The average Bonchev–Trinajstić information content (AvgIpc) is 3.43. The molecule has 0 rings (SSSR count). The van der Waals surface area contributed by atoms with E-state index >= 15 is 0 Å². The number of nitrogens with one attached hydrogen (secondary N) is 1. The predicted octanol–water partition coefficient (Wildman–Crippen LogP) is 20.5. The van der Waals surface area contributed by atoms with Crippen LogP contribution in [0.3, 0.4) is 0 Å². The van der Waals surface area contributed by atoms with Crippen LogP contribution in [0.1, 0.15) is 271 Å². The van der Waals surface area contributed by atoms with Gasteiger partial charge in [0.2, 0.25) is 5.91 Å². The summed E-state index contributed by atoms with van der Waals surface area (Å²) >= 11 is 0. The fourth-order valence-electron chi connectivity index (χ4n) is 8.93. The molecular formula is C70H124N2O7P+. The molecule has 0 aromatic carbocycles. The summed E-state index contributed by atoms with van der Waals surface area (Å²) in [6, 6.07) is -0.864. The number of carbonyl (C=O) groups excluding carboxylic acids is 2. The van der Waals surface area contributed by atoms with E-state index in [9.17, 15) is 19.0 Å². The van der Waals surface area contributed by atoms with Crippen molar-refractivity contribution in [3.8, 4) is 0 Å². The zero-order chi connectivity index (χ0) is 58.6. The van der Waals surface area contributed by atoms with Gasteiger partial charge in [0.15, 0.2) is 0 Å². The average molecular weight is 1140 g/mol. The van der Waals surface area contributed by atoms with E-state index in [1.807, 2.05) is 33.3 Å². The number of ether oxygens (including phenoxy) is 1. The third-order valence-corrected chi connectivity index (χ3v) is 15.0. The minimum atomic E-state index is -4.46. The summed E-state index contributed by atoms with van der Waals surface area (Å²) in [6.07, 6.45) is 80.9. The molecule has 80 heavy (non-hydrogen) atoms. The number of hydrogen-bond acceptors (Lipinski definition) is 6. The van der Waals surface area contributed by atoms with Gasteiger partial charge in [-0.05, 0) is 109 Å². The van der Waals surface area contributed by atoms with Gasteiger partial charge in [0.05, 0.1) is 33.8 Å². The predicted molar refractivity (Wildman–Crippen MR) is 346 cm³/mol. The lowest BCUT2D eigenvalue weighted by molar-refractivity contribution is -0.870. The highest BCUT2D eigenvalue weighted by Crippen LogP contribution is 2.43. The normalized spacial score (nSPS) is 14.3. The van der Waals surface area contributed by atoms with Crippen molar-refractivity contribution < 1.29 is 37.3 Å². The molecule has 0 fully saturated rings. The Kier molecular flexibility index (Phi) is 56.4. The van der Waals surface area contributed by atoms with Crippen LogP contribution in [0, 0.1) is 0 Å². The zero-order valence-electron chi connectivity index (χ0n) is 52.5. The topological polar surface area (TPSA) is 111 Å². The molecule has 0 aromatic heterocycles. The lowest BCUT2D eigenvalue weighted by Gasteiger charge is -2.27. The van der Waals surface area contributed by atoms with E-state index in [1.165, 1.54) is 103 Å². The number of amides is 1. The summed E-state index contributed by atoms with van der Waals surface area (Å²) in [6.45, 7) is 6.85. The molecule has 0 saturated carbocycles.